The van der Waals surface area contributed by atoms with Crippen LogP contribution in [0.3, 0.4) is 0 Å². The molecule has 0 saturated carbocycles. The Hall–Kier alpha value is -5.67. The molecule has 6 aromatic carbocycles. The van der Waals surface area contributed by atoms with Crippen LogP contribution < -0.4 is 0 Å². The molecular formula is C40H24N2O. The van der Waals surface area contributed by atoms with E-state index in [4.69, 9.17) is 9.40 Å². The number of para-hydroxylation sites is 1. The zero-order valence-electron chi connectivity index (χ0n) is 23.4. The van der Waals surface area contributed by atoms with Crippen LogP contribution >= 0.6 is 0 Å². The van der Waals surface area contributed by atoms with E-state index in [1.165, 1.54) is 60.6 Å². The summed E-state index contributed by atoms with van der Waals surface area (Å²) in [6.07, 6.45) is 0. The van der Waals surface area contributed by atoms with Gasteiger partial charge in [0.1, 0.15) is 11.2 Å². The van der Waals surface area contributed by atoms with Gasteiger partial charge in [-0.05, 0) is 88.0 Å². The smallest absolute Gasteiger partial charge is 0.135 e. The number of fused-ring (bicyclic) bond motifs is 9. The molecule has 10 rings (SSSR count). The van der Waals surface area contributed by atoms with E-state index < -0.39 is 0 Å². The van der Waals surface area contributed by atoms with Crippen LogP contribution in [0.2, 0.25) is 0 Å². The second kappa shape index (κ2) is 8.21. The van der Waals surface area contributed by atoms with Gasteiger partial charge in [-0.2, -0.15) is 0 Å². The first kappa shape index (κ1) is 23.0. The van der Waals surface area contributed by atoms with Crippen LogP contribution in [0, 0.1) is 0 Å². The Balaban J connectivity index is 1.16. The van der Waals surface area contributed by atoms with Gasteiger partial charge in [0, 0.05) is 50.6 Å². The molecule has 3 heterocycles. The van der Waals surface area contributed by atoms with Crippen LogP contribution in [-0.2, 0) is 7.05 Å². The van der Waals surface area contributed by atoms with Crippen molar-refractivity contribution >= 4 is 54.6 Å². The zero-order valence-corrected chi connectivity index (χ0v) is 23.4. The van der Waals surface area contributed by atoms with Gasteiger partial charge in [-0.25, -0.2) is 4.98 Å². The van der Waals surface area contributed by atoms with Gasteiger partial charge in [0.05, 0.1) is 11.2 Å². The van der Waals surface area contributed by atoms with Gasteiger partial charge in [-0.15, -0.1) is 0 Å². The molecule has 200 valence electrons. The van der Waals surface area contributed by atoms with Crippen molar-refractivity contribution in [2.45, 2.75) is 0 Å². The minimum Gasteiger partial charge on any atom is -0.456 e. The Kier molecular flexibility index (Phi) is 4.38. The number of aromatic nitrogens is 2. The summed E-state index contributed by atoms with van der Waals surface area (Å²) >= 11 is 0. The van der Waals surface area contributed by atoms with Crippen molar-refractivity contribution < 1.29 is 4.42 Å². The van der Waals surface area contributed by atoms with Crippen molar-refractivity contribution in [2.24, 2.45) is 7.05 Å². The topological polar surface area (TPSA) is 31.0 Å². The summed E-state index contributed by atoms with van der Waals surface area (Å²) in [5.41, 5.74) is 15.0. The van der Waals surface area contributed by atoms with Crippen molar-refractivity contribution in [1.29, 1.82) is 0 Å². The number of benzene rings is 6. The maximum atomic E-state index is 6.09. The van der Waals surface area contributed by atoms with Crippen LogP contribution in [-0.4, -0.2) is 9.55 Å². The predicted octanol–water partition coefficient (Wildman–Crippen LogP) is 10.8. The molecule has 0 saturated heterocycles. The number of pyridine rings is 1. The van der Waals surface area contributed by atoms with E-state index in [9.17, 15) is 0 Å². The van der Waals surface area contributed by atoms with Crippen molar-refractivity contribution in [3.63, 3.8) is 0 Å². The van der Waals surface area contributed by atoms with Crippen molar-refractivity contribution in [1.82, 2.24) is 9.55 Å². The Morgan fingerprint density at radius 3 is 1.95 bits per heavy atom. The molecule has 0 atom stereocenters. The van der Waals surface area contributed by atoms with Crippen LogP contribution in [0.1, 0.15) is 0 Å². The summed E-state index contributed by atoms with van der Waals surface area (Å²) < 4.78 is 8.38. The van der Waals surface area contributed by atoms with E-state index in [0.717, 1.165) is 38.7 Å². The fraction of sp³-hybridized carbons (Fsp3) is 0.0250. The molecular weight excluding hydrogens is 524 g/mol. The molecule has 1 aliphatic rings. The molecule has 0 radical (unpaired) electrons. The third-order valence-corrected chi connectivity index (χ3v) is 9.35. The number of hydrogen-bond donors (Lipinski definition) is 0. The summed E-state index contributed by atoms with van der Waals surface area (Å²) in [6.45, 7) is 0. The van der Waals surface area contributed by atoms with Gasteiger partial charge < -0.3 is 8.98 Å². The summed E-state index contributed by atoms with van der Waals surface area (Å²) in [4.78, 5) is 5.18. The first-order valence-electron chi connectivity index (χ1n) is 14.7. The molecule has 0 spiro atoms. The average molecular weight is 549 g/mol. The quantitative estimate of drug-likeness (QED) is 0.215. The predicted molar refractivity (Wildman–Crippen MR) is 178 cm³/mol. The van der Waals surface area contributed by atoms with Crippen LogP contribution in [0.4, 0.5) is 0 Å². The standard InChI is InChI=1S/C40H24N2O/c1-42-36-16-13-23(24-15-18-39-32(20-24)28-9-4-5-12-38(28)43-39)19-30(36)31-21-25(14-17-37(31)42)35-22-33-27-8-3-2-7-26(27)29-10-6-11-34(41-35)40(29)33/h2-22H,1H3. The molecule has 0 unspecified atom stereocenters. The first-order chi connectivity index (χ1) is 21.2. The molecule has 3 nitrogen and oxygen atoms in total. The highest BCUT2D eigenvalue weighted by molar-refractivity contribution is 6.15. The minimum absolute atomic E-state index is 0.918. The molecule has 1 aliphatic carbocycles. The van der Waals surface area contributed by atoms with E-state index in [-0.39, 0.29) is 0 Å². The minimum atomic E-state index is 0.918. The summed E-state index contributed by atoms with van der Waals surface area (Å²) in [5.74, 6) is 0. The number of aryl methyl sites for hydroxylation is 1. The highest BCUT2D eigenvalue weighted by Gasteiger charge is 2.23. The van der Waals surface area contributed by atoms with E-state index in [0.29, 0.717) is 0 Å². The normalized spacial score (nSPS) is 12.3. The SMILES string of the molecule is Cn1c2ccc(-c3ccc4oc5ccccc5c4c3)cc2c2cc(-c3cc4c5c(cccc5n3)-c3ccccc3-4)ccc21. The van der Waals surface area contributed by atoms with E-state index >= 15 is 0 Å². The lowest BCUT2D eigenvalue weighted by atomic mass is 9.99. The van der Waals surface area contributed by atoms with Gasteiger partial charge in [-0.3, -0.25) is 0 Å². The molecule has 0 bridgehead atoms. The lowest BCUT2D eigenvalue weighted by Gasteiger charge is -2.08. The Morgan fingerprint density at radius 1 is 0.488 bits per heavy atom. The Morgan fingerprint density at radius 2 is 1.12 bits per heavy atom. The molecule has 43 heavy (non-hydrogen) atoms. The Labute approximate surface area is 247 Å². The van der Waals surface area contributed by atoms with Gasteiger partial charge in [0.2, 0.25) is 0 Å². The number of furan rings is 1. The second-order valence-corrected chi connectivity index (χ2v) is 11.6. The largest absolute Gasteiger partial charge is 0.456 e. The van der Waals surface area contributed by atoms with E-state index in [2.05, 4.69) is 127 Å². The molecule has 0 amide bonds. The fourth-order valence-corrected chi connectivity index (χ4v) is 7.29. The van der Waals surface area contributed by atoms with Gasteiger partial charge in [-0.1, -0.05) is 72.8 Å². The summed E-state index contributed by atoms with van der Waals surface area (Å²) in [6, 6.07) is 45.8. The zero-order chi connectivity index (χ0) is 28.2. The lowest BCUT2D eigenvalue weighted by molar-refractivity contribution is 0.669. The molecule has 0 N–H and O–H groups in total. The third-order valence-electron chi connectivity index (χ3n) is 9.35. The monoisotopic (exact) mass is 548 g/mol. The lowest BCUT2D eigenvalue weighted by Crippen LogP contribution is -1.89. The van der Waals surface area contributed by atoms with E-state index in [1.807, 2.05) is 12.1 Å². The van der Waals surface area contributed by atoms with Crippen LogP contribution in [0.15, 0.2) is 132 Å². The highest BCUT2D eigenvalue weighted by Crippen LogP contribution is 2.48. The average Bonchev–Trinajstić information content (AvgIpc) is 3.69. The third kappa shape index (κ3) is 3.11. The number of hydrogen-bond acceptors (Lipinski definition) is 2. The Bertz CT molecular complexity index is 2640. The van der Waals surface area contributed by atoms with Gasteiger partial charge >= 0.3 is 0 Å². The van der Waals surface area contributed by atoms with Gasteiger partial charge in [0.15, 0.2) is 0 Å². The maximum absolute atomic E-state index is 6.09. The fourth-order valence-electron chi connectivity index (χ4n) is 7.29. The molecule has 3 heteroatoms. The van der Waals surface area contributed by atoms with Gasteiger partial charge in [0.25, 0.3) is 0 Å². The second-order valence-electron chi connectivity index (χ2n) is 11.6. The number of nitrogens with zero attached hydrogens (tertiary/aromatic N) is 2. The van der Waals surface area contributed by atoms with Crippen molar-refractivity contribution in [3.8, 4) is 44.6 Å². The molecule has 9 aromatic rings. The highest BCUT2D eigenvalue weighted by atomic mass is 16.3. The molecule has 3 aromatic heterocycles. The molecule has 0 fully saturated rings. The van der Waals surface area contributed by atoms with Crippen LogP contribution in [0.25, 0.3) is 99.3 Å². The van der Waals surface area contributed by atoms with Crippen molar-refractivity contribution in [2.75, 3.05) is 0 Å². The van der Waals surface area contributed by atoms with Crippen molar-refractivity contribution in [3.05, 3.63) is 127 Å². The number of rotatable bonds is 2. The van der Waals surface area contributed by atoms with Crippen LogP contribution in [0.5, 0.6) is 0 Å². The first-order valence-corrected chi connectivity index (χ1v) is 14.7. The molecule has 0 aliphatic heterocycles. The van der Waals surface area contributed by atoms with E-state index in [1.54, 1.807) is 0 Å². The maximum Gasteiger partial charge on any atom is 0.135 e. The summed E-state index contributed by atoms with van der Waals surface area (Å²) in [5, 5.41) is 6.03. The summed E-state index contributed by atoms with van der Waals surface area (Å²) in [7, 11) is 2.15.